The van der Waals surface area contributed by atoms with Crippen LogP contribution in [0.3, 0.4) is 0 Å². The van der Waals surface area contributed by atoms with Gasteiger partial charge in [-0.1, -0.05) is 37.3 Å². The van der Waals surface area contributed by atoms with Gasteiger partial charge in [-0.15, -0.1) is 0 Å². The van der Waals surface area contributed by atoms with E-state index >= 15 is 0 Å². The third-order valence-corrected chi connectivity index (χ3v) is 3.57. The Bertz CT molecular complexity index is 543. The van der Waals surface area contributed by atoms with Gasteiger partial charge in [0.25, 0.3) is 0 Å². The van der Waals surface area contributed by atoms with Crippen LogP contribution in [0, 0.1) is 0 Å². The number of aromatic nitrogens is 2. The minimum Gasteiger partial charge on any atom is -0.389 e. The number of aryl methyl sites for hydroxylation is 2. The van der Waals surface area contributed by atoms with E-state index in [1.807, 2.05) is 29.8 Å². The van der Waals surface area contributed by atoms with Crippen LogP contribution >= 0.6 is 0 Å². The Hall–Kier alpha value is -1.61. The predicted molar refractivity (Wildman–Crippen MR) is 81.8 cm³/mol. The highest BCUT2D eigenvalue weighted by molar-refractivity contribution is 5.19. The molecule has 0 aliphatic rings. The summed E-state index contributed by atoms with van der Waals surface area (Å²) in [7, 11) is 0. The van der Waals surface area contributed by atoms with Crippen molar-refractivity contribution in [3.8, 4) is 0 Å². The molecule has 108 valence electrons. The van der Waals surface area contributed by atoms with Crippen molar-refractivity contribution in [1.29, 1.82) is 0 Å². The standard InChI is InChI=1S/C17H24N2O/c1-4-15-11-16(19(5-2)18-15)13-17(3,20)12-14-9-7-6-8-10-14/h6-11,20H,4-5,12-13H2,1-3H3. The quantitative estimate of drug-likeness (QED) is 0.878. The Morgan fingerprint density at radius 3 is 2.45 bits per heavy atom. The summed E-state index contributed by atoms with van der Waals surface area (Å²) >= 11 is 0. The second-order valence-electron chi connectivity index (χ2n) is 5.63. The molecule has 0 bridgehead atoms. The molecule has 1 atom stereocenters. The van der Waals surface area contributed by atoms with Crippen LogP contribution in [-0.4, -0.2) is 20.5 Å². The van der Waals surface area contributed by atoms with E-state index in [0.29, 0.717) is 12.8 Å². The Balaban J connectivity index is 2.13. The first-order valence-corrected chi connectivity index (χ1v) is 7.36. The van der Waals surface area contributed by atoms with Gasteiger partial charge in [-0.3, -0.25) is 4.68 Å². The molecular weight excluding hydrogens is 248 g/mol. The Labute approximate surface area is 121 Å². The molecule has 0 saturated heterocycles. The first-order chi connectivity index (χ1) is 9.54. The van der Waals surface area contributed by atoms with Gasteiger partial charge in [0.05, 0.1) is 11.3 Å². The highest BCUT2D eigenvalue weighted by atomic mass is 16.3. The van der Waals surface area contributed by atoms with Crippen LogP contribution < -0.4 is 0 Å². The SMILES string of the molecule is CCc1cc(CC(C)(O)Cc2ccccc2)n(CC)n1. The lowest BCUT2D eigenvalue weighted by molar-refractivity contribution is 0.0587. The van der Waals surface area contributed by atoms with Gasteiger partial charge in [-0.25, -0.2) is 0 Å². The summed E-state index contributed by atoms with van der Waals surface area (Å²) < 4.78 is 2.00. The van der Waals surface area contributed by atoms with E-state index in [2.05, 4.69) is 37.1 Å². The summed E-state index contributed by atoms with van der Waals surface area (Å²) in [5, 5.41) is 15.2. The molecule has 3 heteroatoms. The molecule has 1 unspecified atom stereocenters. The summed E-state index contributed by atoms with van der Waals surface area (Å²) in [5.41, 5.74) is 2.62. The minimum atomic E-state index is -0.751. The normalized spacial score (nSPS) is 14.2. The number of aliphatic hydroxyl groups is 1. The molecule has 0 saturated carbocycles. The number of nitrogens with zero attached hydrogens (tertiary/aromatic N) is 2. The number of hydrogen-bond donors (Lipinski definition) is 1. The van der Waals surface area contributed by atoms with Gasteiger partial charge >= 0.3 is 0 Å². The third kappa shape index (κ3) is 3.70. The maximum Gasteiger partial charge on any atom is 0.0715 e. The first-order valence-electron chi connectivity index (χ1n) is 7.36. The van der Waals surface area contributed by atoms with E-state index in [9.17, 15) is 5.11 Å². The van der Waals surface area contributed by atoms with Crippen LogP contribution in [0.4, 0.5) is 0 Å². The molecule has 1 aromatic carbocycles. The summed E-state index contributed by atoms with van der Waals surface area (Å²) in [6.07, 6.45) is 2.22. The van der Waals surface area contributed by atoms with Crippen molar-refractivity contribution in [3.05, 3.63) is 53.3 Å². The zero-order valence-corrected chi connectivity index (χ0v) is 12.6. The Morgan fingerprint density at radius 2 is 1.85 bits per heavy atom. The third-order valence-electron chi connectivity index (χ3n) is 3.57. The van der Waals surface area contributed by atoms with Crippen molar-refractivity contribution < 1.29 is 5.11 Å². The molecular formula is C17H24N2O. The van der Waals surface area contributed by atoms with E-state index in [1.165, 1.54) is 0 Å². The topological polar surface area (TPSA) is 38.0 Å². The van der Waals surface area contributed by atoms with Gasteiger partial charge in [0.2, 0.25) is 0 Å². The van der Waals surface area contributed by atoms with Gasteiger partial charge in [0, 0.05) is 25.1 Å². The Kier molecular flexibility index (Phi) is 4.61. The minimum absolute atomic E-state index is 0.628. The van der Waals surface area contributed by atoms with Crippen molar-refractivity contribution in [1.82, 2.24) is 9.78 Å². The zero-order valence-electron chi connectivity index (χ0n) is 12.6. The smallest absolute Gasteiger partial charge is 0.0715 e. The van der Waals surface area contributed by atoms with Crippen LogP contribution in [0.15, 0.2) is 36.4 Å². The molecule has 0 spiro atoms. The lowest BCUT2D eigenvalue weighted by Gasteiger charge is -2.23. The molecule has 0 amide bonds. The molecule has 1 heterocycles. The van der Waals surface area contributed by atoms with Crippen LogP contribution in [0.2, 0.25) is 0 Å². The largest absolute Gasteiger partial charge is 0.389 e. The molecule has 0 fully saturated rings. The highest BCUT2D eigenvalue weighted by Gasteiger charge is 2.23. The highest BCUT2D eigenvalue weighted by Crippen LogP contribution is 2.19. The summed E-state index contributed by atoms with van der Waals surface area (Å²) in [6.45, 7) is 6.94. The monoisotopic (exact) mass is 272 g/mol. The molecule has 3 nitrogen and oxygen atoms in total. The van der Waals surface area contributed by atoms with Gasteiger partial charge in [-0.05, 0) is 31.9 Å². The van der Waals surface area contributed by atoms with Crippen molar-refractivity contribution >= 4 is 0 Å². The first kappa shape index (κ1) is 14.8. The van der Waals surface area contributed by atoms with Crippen molar-refractivity contribution in [2.45, 2.75) is 52.2 Å². The van der Waals surface area contributed by atoms with Crippen molar-refractivity contribution in [2.24, 2.45) is 0 Å². The van der Waals surface area contributed by atoms with E-state index < -0.39 is 5.60 Å². The predicted octanol–water partition coefficient (Wildman–Crippen LogP) is 3.00. The average molecular weight is 272 g/mol. The van der Waals surface area contributed by atoms with Gasteiger partial charge < -0.3 is 5.11 Å². The fraction of sp³-hybridized carbons (Fsp3) is 0.471. The molecule has 1 N–H and O–H groups in total. The van der Waals surface area contributed by atoms with Gasteiger partial charge in [-0.2, -0.15) is 5.10 Å². The van der Waals surface area contributed by atoms with E-state index in [-0.39, 0.29) is 0 Å². The molecule has 1 aromatic heterocycles. The lowest BCUT2D eigenvalue weighted by Crippen LogP contribution is -2.31. The van der Waals surface area contributed by atoms with Crippen LogP contribution in [-0.2, 0) is 25.8 Å². The van der Waals surface area contributed by atoms with E-state index in [1.54, 1.807) is 0 Å². The van der Waals surface area contributed by atoms with E-state index in [0.717, 1.165) is 29.9 Å². The van der Waals surface area contributed by atoms with Crippen LogP contribution in [0.1, 0.15) is 37.7 Å². The van der Waals surface area contributed by atoms with E-state index in [4.69, 9.17) is 0 Å². The molecule has 0 radical (unpaired) electrons. The maximum atomic E-state index is 10.7. The molecule has 2 rings (SSSR count). The lowest BCUT2D eigenvalue weighted by atomic mass is 9.91. The molecule has 0 aliphatic heterocycles. The molecule has 2 aromatic rings. The molecule has 20 heavy (non-hydrogen) atoms. The molecule has 0 aliphatic carbocycles. The average Bonchev–Trinajstić information content (AvgIpc) is 2.80. The number of rotatable bonds is 6. The maximum absolute atomic E-state index is 10.7. The van der Waals surface area contributed by atoms with Gasteiger partial charge in [0.1, 0.15) is 0 Å². The summed E-state index contributed by atoms with van der Waals surface area (Å²) in [6, 6.07) is 12.3. The summed E-state index contributed by atoms with van der Waals surface area (Å²) in [4.78, 5) is 0. The van der Waals surface area contributed by atoms with Crippen molar-refractivity contribution in [3.63, 3.8) is 0 Å². The summed E-state index contributed by atoms with van der Waals surface area (Å²) in [5.74, 6) is 0. The second kappa shape index (κ2) is 6.23. The van der Waals surface area contributed by atoms with Gasteiger partial charge in [0.15, 0.2) is 0 Å². The van der Waals surface area contributed by atoms with Crippen LogP contribution in [0.5, 0.6) is 0 Å². The zero-order chi connectivity index (χ0) is 14.6. The fourth-order valence-corrected chi connectivity index (χ4v) is 2.59. The van der Waals surface area contributed by atoms with Crippen molar-refractivity contribution in [2.75, 3.05) is 0 Å². The number of benzene rings is 1. The Morgan fingerprint density at radius 1 is 1.15 bits per heavy atom. The fourth-order valence-electron chi connectivity index (χ4n) is 2.59. The van der Waals surface area contributed by atoms with Crippen LogP contribution in [0.25, 0.3) is 0 Å². The second-order valence-corrected chi connectivity index (χ2v) is 5.63. The number of hydrogen-bond acceptors (Lipinski definition) is 2.